The van der Waals surface area contributed by atoms with Gasteiger partial charge in [-0.15, -0.1) is 0 Å². The lowest BCUT2D eigenvalue weighted by atomic mass is 9.32. The number of ether oxygens (including phenoxy) is 1. The van der Waals surface area contributed by atoms with Crippen LogP contribution < -0.4 is 0 Å². The predicted molar refractivity (Wildman–Crippen MR) is 234 cm³/mol. The van der Waals surface area contributed by atoms with Crippen LogP contribution >= 0.6 is 0 Å². The van der Waals surface area contributed by atoms with Crippen LogP contribution in [0.15, 0.2) is 42.5 Å². The number of carboxylic acids is 1. The SMILES string of the molecule is C=C(C)[C@@H]1CC[C@]2(C(=O)N3CCC[C@H]3c3nc(-c4ccccc4)c(C)[nH]3)CC[C@]3(C)[C@H](CC[C@@H]4[C@@]5(C)CC[C@H](OC(=O)[C@H]6C[C@@H](C(=O)O)C6(C)C)C(C)(C)[C@@H]5CC[C@]43C)[C@@H]12. The average molecular weight is 820 g/mol. The number of nitrogens with one attached hydrogen (secondary N) is 1. The number of rotatable bonds is 7. The van der Waals surface area contributed by atoms with E-state index in [0.717, 1.165) is 99.9 Å². The number of fused-ring (bicyclic) bond motifs is 7. The Balaban J connectivity index is 0.973. The molecule has 2 N–H and O–H groups in total. The molecule has 8 heteroatoms. The number of imidazole rings is 1. The third-order valence-electron chi connectivity index (χ3n) is 20.3. The number of H-pyrrole nitrogens is 1. The maximum atomic E-state index is 15.6. The Labute approximate surface area is 359 Å². The van der Waals surface area contributed by atoms with Crippen molar-refractivity contribution in [2.45, 2.75) is 158 Å². The molecule has 0 bridgehead atoms. The molecular weight excluding hydrogens is 747 g/mol. The Morgan fingerprint density at radius 3 is 2.25 bits per heavy atom. The van der Waals surface area contributed by atoms with E-state index in [1.165, 1.54) is 12.0 Å². The zero-order chi connectivity index (χ0) is 42.9. The molecule has 0 spiro atoms. The third-order valence-corrected chi connectivity index (χ3v) is 20.3. The Kier molecular flexibility index (Phi) is 9.81. The van der Waals surface area contributed by atoms with Gasteiger partial charge >= 0.3 is 11.9 Å². The summed E-state index contributed by atoms with van der Waals surface area (Å²) in [5.74, 6) is 1.54. The third kappa shape index (κ3) is 5.72. The second-order valence-corrected chi connectivity index (χ2v) is 23.2. The molecular formula is C52H73N3O5. The number of carbonyl (C=O) groups is 3. The number of likely N-dealkylation sites (tertiary alicyclic amines) is 1. The summed E-state index contributed by atoms with van der Waals surface area (Å²) >= 11 is 0. The first-order chi connectivity index (χ1) is 28.2. The van der Waals surface area contributed by atoms with Gasteiger partial charge in [-0.25, -0.2) is 4.98 Å². The van der Waals surface area contributed by atoms with Crippen molar-refractivity contribution in [2.75, 3.05) is 6.54 Å². The number of hydrogen-bond acceptors (Lipinski definition) is 5. The maximum absolute atomic E-state index is 15.6. The van der Waals surface area contributed by atoms with Crippen LogP contribution in [0, 0.1) is 80.8 Å². The van der Waals surface area contributed by atoms with Gasteiger partial charge in [0.05, 0.1) is 29.0 Å². The van der Waals surface area contributed by atoms with E-state index in [2.05, 4.69) is 89.2 Å². The minimum absolute atomic E-state index is 0.0241. The molecule has 0 unspecified atom stereocenters. The highest BCUT2D eigenvalue weighted by atomic mass is 16.5. The van der Waals surface area contributed by atoms with Crippen LogP contribution in [-0.4, -0.2) is 50.5 Å². The van der Waals surface area contributed by atoms with E-state index in [1.807, 2.05) is 19.9 Å². The maximum Gasteiger partial charge on any atom is 0.309 e. The molecule has 2 heterocycles. The molecule has 7 aliphatic rings. The summed E-state index contributed by atoms with van der Waals surface area (Å²) in [6, 6.07) is 10.4. The van der Waals surface area contributed by atoms with Crippen molar-refractivity contribution >= 4 is 17.8 Å². The molecule has 6 aliphatic carbocycles. The molecule has 1 aromatic heterocycles. The monoisotopic (exact) mass is 820 g/mol. The van der Waals surface area contributed by atoms with E-state index in [1.54, 1.807) is 0 Å². The largest absolute Gasteiger partial charge is 0.481 e. The molecule has 1 aliphatic heterocycles. The Morgan fingerprint density at radius 2 is 1.57 bits per heavy atom. The van der Waals surface area contributed by atoms with E-state index >= 15 is 4.79 Å². The van der Waals surface area contributed by atoms with Crippen LogP contribution in [0.4, 0.5) is 0 Å². The number of hydrogen-bond donors (Lipinski definition) is 2. The normalized spacial score (nSPS) is 42.5. The van der Waals surface area contributed by atoms with Gasteiger partial charge in [0.15, 0.2) is 0 Å². The smallest absolute Gasteiger partial charge is 0.309 e. The van der Waals surface area contributed by atoms with Crippen molar-refractivity contribution in [3.63, 3.8) is 0 Å². The summed E-state index contributed by atoms with van der Waals surface area (Å²) in [7, 11) is 0. The van der Waals surface area contributed by atoms with Crippen LogP contribution in [0.2, 0.25) is 0 Å². The summed E-state index contributed by atoms with van der Waals surface area (Å²) in [6.45, 7) is 26.2. The molecule has 7 fully saturated rings. The standard InChI is InChI=1S/C52H73N3O5/c1-30(2)33-20-25-52(46(59)55-28-14-17-37(55)43-53-31(3)42(54-43)32-15-12-11-13-16-32)27-26-50(9)34(41(33)52)18-19-39-49(8)23-22-40(48(6,7)38(49)21-24-51(39,50)10)60-45(58)36-29-35(44(56)57)47(36,4)5/h11-13,15-16,33-41H,1,14,17-29H2,2-10H3,(H,53,54)(H,56,57)/t33-,34+,35-,36+,37-,38-,39+,40-,41+,49-,50+,51+,52-/m0/s1. The quantitative estimate of drug-likeness (QED) is 0.212. The van der Waals surface area contributed by atoms with Crippen molar-refractivity contribution in [1.82, 2.24) is 14.9 Å². The molecule has 2 aromatic rings. The lowest BCUT2D eigenvalue weighted by molar-refractivity contribution is -0.251. The average Bonchev–Trinajstić information content (AvgIpc) is 3.93. The van der Waals surface area contributed by atoms with Gasteiger partial charge in [0.25, 0.3) is 0 Å². The number of benzene rings is 1. The first-order valence-corrected chi connectivity index (χ1v) is 23.7. The van der Waals surface area contributed by atoms with Crippen molar-refractivity contribution < 1.29 is 24.2 Å². The summed E-state index contributed by atoms with van der Waals surface area (Å²) < 4.78 is 6.47. The van der Waals surface area contributed by atoms with Crippen LogP contribution in [0.5, 0.6) is 0 Å². The molecule has 9 rings (SSSR count). The van der Waals surface area contributed by atoms with Crippen molar-refractivity contribution in [1.29, 1.82) is 0 Å². The number of aryl methyl sites for hydroxylation is 1. The highest BCUT2D eigenvalue weighted by molar-refractivity contribution is 5.85. The Bertz CT molecular complexity index is 2070. The minimum atomic E-state index is -0.817. The molecule has 8 nitrogen and oxygen atoms in total. The first-order valence-electron chi connectivity index (χ1n) is 23.7. The fraction of sp³-hybridized carbons (Fsp3) is 0.731. The number of allylic oxidation sites excluding steroid dienone is 1. The second kappa shape index (κ2) is 14.0. The molecule has 1 saturated heterocycles. The van der Waals surface area contributed by atoms with Gasteiger partial charge in [-0.3, -0.25) is 14.4 Å². The van der Waals surface area contributed by atoms with Gasteiger partial charge in [-0.2, -0.15) is 0 Å². The molecule has 1 amide bonds. The van der Waals surface area contributed by atoms with Crippen LogP contribution in [0.1, 0.15) is 156 Å². The van der Waals surface area contributed by atoms with Crippen molar-refractivity contribution in [2.24, 2.45) is 73.9 Å². The molecule has 1 aromatic carbocycles. The number of nitrogens with zero attached hydrogens (tertiary/aromatic N) is 2. The summed E-state index contributed by atoms with van der Waals surface area (Å²) in [4.78, 5) is 52.3. The van der Waals surface area contributed by atoms with Gasteiger partial charge in [0.1, 0.15) is 11.9 Å². The zero-order valence-corrected chi connectivity index (χ0v) is 38.2. The van der Waals surface area contributed by atoms with Crippen LogP contribution in [0.25, 0.3) is 11.3 Å². The number of aromatic nitrogens is 2. The number of carbonyl (C=O) groups excluding carboxylic acids is 2. The fourth-order valence-corrected chi connectivity index (χ4v) is 16.8. The minimum Gasteiger partial charge on any atom is -0.481 e. The number of aromatic amines is 1. The summed E-state index contributed by atoms with van der Waals surface area (Å²) in [5.41, 5.74) is 3.62. The van der Waals surface area contributed by atoms with Gasteiger partial charge in [0, 0.05) is 23.2 Å². The lowest BCUT2D eigenvalue weighted by Crippen LogP contribution is -2.67. The summed E-state index contributed by atoms with van der Waals surface area (Å²) in [6.07, 6.45) is 12.7. The van der Waals surface area contributed by atoms with E-state index in [4.69, 9.17) is 9.72 Å². The first kappa shape index (κ1) is 41.9. The molecule has 6 saturated carbocycles. The van der Waals surface area contributed by atoms with E-state index in [-0.39, 0.29) is 51.1 Å². The molecule has 13 atom stereocenters. The number of esters is 1. The molecule has 60 heavy (non-hydrogen) atoms. The summed E-state index contributed by atoms with van der Waals surface area (Å²) in [5, 5.41) is 9.71. The van der Waals surface area contributed by atoms with Gasteiger partial charge in [0.2, 0.25) is 5.91 Å². The Hall–Kier alpha value is -3.42. The van der Waals surface area contributed by atoms with E-state index < -0.39 is 17.3 Å². The van der Waals surface area contributed by atoms with Gasteiger partial charge in [-0.05, 0) is 149 Å². The van der Waals surface area contributed by atoms with Crippen LogP contribution in [0.3, 0.4) is 0 Å². The number of aliphatic carboxylic acids is 1. The van der Waals surface area contributed by atoms with E-state index in [9.17, 15) is 14.7 Å². The van der Waals surface area contributed by atoms with Crippen molar-refractivity contribution in [3.8, 4) is 11.3 Å². The van der Waals surface area contributed by atoms with Crippen LogP contribution in [-0.2, 0) is 19.1 Å². The second-order valence-electron chi connectivity index (χ2n) is 23.2. The molecule has 0 radical (unpaired) electrons. The zero-order valence-electron chi connectivity index (χ0n) is 38.2. The highest BCUT2D eigenvalue weighted by Gasteiger charge is 2.72. The van der Waals surface area contributed by atoms with Crippen molar-refractivity contribution in [3.05, 3.63) is 54.0 Å². The predicted octanol–water partition coefficient (Wildman–Crippen LogP) is 11.4. The van der Waals surface area contributed by atoms with Gasteiger partial charge in [-0.1, -0.05) is 91.0 Å². The number of amides is 1. The fourth-order valence-electron chi connectivity index (χ4n) is 16.8. The Morgan fingerprint density at radius 1 is 0.833 bits per heavy atom. The van der Waals surface area contributed by atoms with E-state index in [0.29, 0.717) is 41.9 Å². The lowest BCUT2D eigenvalue weighted by Gasteiger charge is -2.73. The highest BCUT2D eigenvalue weighted by Crippen LogP contribution is 2.78. The molecule has 326 valence electrons. The topological polar surface area (TPSA) is 113 Å². The van der Waals surface area contributed by atoms with Gasteiger partial charge < -0.3 is 19.7 Å². The number of carboxylic acid groups (broad SMARTS) is 1.